The van der Waals surface area contributed by atoms with Crippen LogP contribution in [0.4, 0.5) is 0 Å². The third kappa shape index (κ3) is 1.59. The van der Waals surface area contributed by atoms with Gasteiger partial charge in [-0.1, -0.05) is 17.3 Å². The Bertz CT molecular complexity index is 461. The molecule has 4 nitrogen and oxygen atoms in total. The van der Waals surface area contributed by atoms with E-state index in [1.807, 2.05) is 18.2 Å². The van der Waals surface area contributed by atoms with Crippen LogP contribution in [0.1, 0.15) is 12.0 Å². The van der Waals surface area contributed by atoms with Crippen molar-refractivity contribution in [1.29, 1.82) is 0 Å². The Balaban J connectivity index is 2.32. The van der Waals surface area contributed by atoms with E-state index in [1.54, 1.807) is 6.26 Å². The smallest absolute Gasteiger partial charge is 0.303 e. The summed E-state index contributed by atoms with van der Waals surface area (Å²) in [6.07, 6.45) is 2.16. The second-order valence-corrected chi connectivity index (χ2v) is 3.06. The van der Waals surface area contributed by atoms with Crippen molar-refractivity contribution in [3.63, 3.8) is 0 Å². The molecule has 0 aliphatic heterocycles. The van der Waals surface area contributed by atoms with Gasteiger partial charge in [0.25, 0.3) is 0 Å². The quantitative estimate of drug-likeness (QED) is 0.804. The molecular formula is C10H9NO3. The van der Waals surface area contributed by atoms with Crippen molar-refractivity contribution in [3.05, 3.63) is 30.0 Å². The number of hydrogen-bond acceptors (Lipinski definition) is 3. The summed E-state index contributed by atoms with van der Waals surface area (Å²) < 4.78 is 4.81. The maximum absolute atomic E-state index is 10.4. The molecule has 0 aliphatic rings. The third-order valence-electron chi connectivity index (χ3n) is 2.08. The van der Waals surface area contributed by atoms with Crippen LogP contribution in [-0.4, -0.2) is 16.2 Å². The molecule has 72 valence electrons. The van der Waals surface area contributed by atoms with Crippen molar-refractivity contribution >= 4 is 16.9 Å². The maximum atomic E-state index is 10.4. The van der Waals surface area contributed by atoms with Gasteiger partial charge >= 0.3 is 5.97 Å². The van der Waals surface area contributed by atoms with E-state index in [2.05, 4.69) is 5.16 Å². The van der Waals surface area contributed by atoms with Crippen molar-refractivity contribution < 1.29 is 14.4 Å². The molecule has 1 aromatic heterocycles. The Morgan fingerprint density at radius 2 is 2.36 bits per heavy atom. The Morgan fingerprint density at radius 1 is 1.50 bits per heavy atom. The minimum absolute atomic E-state index is 0.117. The number of nitrogens with zero attached hydrogens (tertiary/aromatic N) is 1. The van der Waals surface area contributed by atoms with Crippen molar-refractivity contribution in [3.8, 4) is 0 Å². The summed E-state index contributed by atoms with van der Waals surface area (Å²) in [6.45, 7) is 0. The lowest BCUT2D eigenvalue weighted by Crippen LogP contribution is -1.97. The van der Waals surface area contributed by atoms with Gasteiger partial charge in [0.15, 0.2) is 0 Å². The molecule has 0 unspecified atom stereocenters. The summed E-state index contributed by atoms with van der Waals surface area (Å²) in [5.74, 6) is -0.800. The Morgan fingerprint density at radius 3 is 3.14 bits per heavy atom. The number of carbonyl (C=O) groups is 1. The molecule has 1 aromatic carbocycles. The van der Waals surface area contributed by atoms with Gasteiger partial charge in [-0.25, -0.2) is 0 Å². The summed E-state index contributed by atoms with van der Waals surface area (Å²) in [7, 11) is 0. The second kappa shape index (κ2) is 3.49. The summed E-state index contributed by atoms with van der Waals surface area (Å²) in [6, 6.07) is 5.63. The summed E-state index contributed by atoms with van der Waals surface area (Å²) in [5.41, 5.74) is 1.67. The molecule has 0 fully saturated rings. The number of carboxylic acid groups (broad SMARTS) is 1. The summed E-state index contributed by atoms with van der Waals surface area (Å²) in [4.78, 5) is 10.4. The highest BCUT2D eigenvalue weighted by atomic mass is 16.5. The van der Waals surface area contributed by atoms with E-state index < -0.39 is 5.97 Å². The van der Waals surface area contributed by atoms with Gasteiger partial charge < -0.3 is 9.63 Å². The Kier molecular flexibility index (Phi) is 2.18. The average molecular weight is 191 g/mol. The molecule has 0 spiro atoms. The number of benzene rings is 1. The van der Waals surface area contributed by atoms with Crippen LogP contribution in [0.3, 0.4) is 0 Å². The van der Waals surface area contributed by atoms with Crippen LogP contribution in [0.15, 0.2) is 29.0 Å². The van der Waals surface area contributed by atoms with Gasteiger partial charge in [0, 0.05) is 11.8 Å². The lowest BCUT2D eigenvalue weighted by Gasteiger charge is -1.97. The van der Waals surface area contributed by atoms with E-state index in [9.17, 15) is 4.79 Å². The number of aromatic nitrogens is 1. The van der Waals surface area contributed by atoms with Gasteiger partial charge in [0.05, 0.1) is 0 Å². The SMILES string of the molecule is O=C(O)CCc1cccc2conc12. The van der Waals surface area contributed by atoms with Gasteiger partial charge in [-0.2, -0.15) is 0 Å². The van der Waals surface area contributed by atoms with Gasteiger partial charge in [-0.3, -0.25) is 4.79 Å². The first-order chi connectivity index (χ1) is 6.77. The monoisotopic (exact) mass is 191 g/mol. The molecule has 0 radical (unpaired) electrons. The number of carboxylic acids is 1. The molecule has 0 saturated carbocycles. The Labute approximate surface area is 80.1 Å². The standard InChI is InChI=1S/C10H9NO3/c12-9(13)5-4-7-2-1-3-8-6-14-11-10(7)8/h1-3,6H,4-5H2,(H,12,13). The van der Waals surface area contributed by atoms with Gasteiger partial charge in [0.1, 0.15) is 11.8 Å². The normalized spacial score (nSPS) is 10.6. The van der Waals surface area contributed by atoms with Crippen LogP contribution in [-0.2, 0) is 11.2 Å². The number of aliphatic carboxylic acids is 1. The molecule has 1 heterocycles. The number of hydrogen-bond donors (Lipinski definition) is 1. The topological polar surface area (TPSA) is 63.3 Å². The van der Waals surface area contributed by atoms with E-state index in [-0.39, 0.29) is 6.42 Å². The fourth-order valence-electron chi connectivity index (χ4n) is 1.40. The largest absolute Gasteiger partial charge is 0.481 e. The zero-order valence-electron chi connectivity index (χ0n) is 7.43. The van der Waals surface area contributed by atoms with E-state index in [0.29, 0.717) is 6.42 Å². The van der Waals surface area contributed by atoms with Crippen molar-refractivity contribution in [2.45, 2.75) is 12.8 Å². The summed E-state index contributed by atoms with van der Waals surface area (Å²) in [5, 5.41) is 13.3. The molecule has 2 aromatic rings. The lowest BCUT2D eigenvalue weighted by atomic mass is 10.1. The van der Waals surface area contributed by atoms with Crippen LogP contribution >= 0.6 is 0 Å². The molecule has 0 aliphatic carbocycles. The highest BCUT2D eigenvalue weighted by molar-refractivity contribution is 5.81. The minimum Gasteiger partial charge on any atom is -0.481 e. The molecule has 4 heteroatoms. The van der Waals surface area contributed by atoms with Gasteiger partial charge in [-0.05, 0) is 18.1 Å². The predicted molar refractivity (Wildman–Crippen MR) is 50.0 cm³/mol. The minimum atomic E-state index is -0.800. The van der Waals surface area contributed by atoms with Crippen LogP contribution in [0.25, 0.3) is 10.9 Å². The second-order valence-electron chi connectivity index (χ2n) is 3.06. The fraction of sp³-hybridized carbons (Fsp3) is 0.200. The Hall–Kier alpha value is -1.84. The molecule has 1 N–H and O–H groups in total. The zero-order valence-corrected chi connectivity index (χ0v) is 7.43. The van der Waals surface area contributed by atoms with E-state index in [4.69, 9.17) is 9.63 Å². The first kappa shape index (κ1) is 8.74. The summed E-state index contributed by atoms with van der Waals surface area (Å²) >= 11 is 0. The van der Waals surface area contributed by atoms with Crippen LogP contribution in [0, 0.1) is 0 Å². The lowest BCUT2D eigenvalue weighted by molar-refractivity contribution is -0.136. The molecule has 0 amide bonds. The first-order valence-corrected chi connectivity index (χ1v) is 4.31. The van der Waals surface area contributed by atoms with E-state index >= 15 is 0 Å². The predicted octanol–water partition coefficient (Wildman–Crippen LogP) is 1.84. The molecule has 2 rings (SSSR count). The van der Waals surface area contributed by atoms with Crippen LogP contribution in [0.2, 0.25) is 0 Å². The van der Waals surface area contributed by atoms with E-state index in [0.717, 1.165) is 16.5 Å². The van der Waals surface area contributed by atoms with Crippen molar-refractivity contribution in [2.24, 2.45) is 0 Å². The van der Waals surface area contributed by atoms with Crippen molar-refractivity contribution in [1.82, 2.24) is 5.16 Å². The number of rotatable bonds is 3. The van der Waals surface area contributed by atoms with Crippen LogP contribution < -0.4 is 0 Å². The third-order valence-corrected chi connectivity index (χ3v) is 2.08. The molecule has 0 bridgehead atoms. The number of aryl methyl sites for hydroxylation is 1. The number of fused-ring (bicyclic) bond motifs is 1. The van der Waals surface area contributed by atoms with Gasteiger partial charge in [-0.15, -0.1) is 0 Å². The fourth-order valence-corrected chi connectivity index (χ4v) is 1.40. The van der Waals surface area contributed by atoms with Gasteiger partial charge in [0.2, 0.25) is 0 Å². The molecular weight excluding hydrogens is 182 g/mol. The van der Waals surface area contributed by atoms with Crippen LogP contribution in [0.5, 0.6) is 0 Å². The average Bonchev–Trinajstić information content (AvgIpc) is 2.62. The van der Waals surface area contributed by atoms with Crippen molar-refractivity contribution in [2.75, 3.05) is 0 Å². The molecule has 0 saturated heterocycles. The molecule has 0 atom stereocenters. The highest BCUT2D eigenvalue weighted by Gasteiger charge is 2.06. The zero-order chi connectivity index (χ0) is 9.97. The first-order valence-electron chi connectivity index (χ1n) is 4.31. The highest BCUT2D eigenvalue weighted by Crippen LogP contribution is 2.17. The van der Waals surface area contributed by atoms with E-state index in [1.165, 1.54) is 0 Å². The maximum Gasteiger partial charge on any atom is 0.303 e. The molecule has 14 heavy (non-hydrogen) atoms.